The minimum Gasteiger partial charge on any atom is -0.502 e. The molecule has 0 atom stereocenters. The van der Waals surface area contributed by atoms with E-state index >= 15 is 0 Å². The Bertz CT molecular complexity index is 1220. The lowest BCUT2D eigenvalue weighted by Gasteiger charge is -2.06. The topological polar surface area (TPSA) is 107 Å². The summed E-state index contributed by atoms with van der Waals surface area (Å²) in [4.78, 5) is 29.1. The van der Waals surface area contributed by atoms with E-state index in [0.29, 0.717) is 5.56 Å². The monoisotopic (exact) mass is 398 g/mol. The van der Waals surface area contributed by atoms with Crippen LogP contribution in [0.15, 0.2) is 59.7 Å². The van der Waals surface area contributed by atoms with Gasteiger partial charge >= 0.3 is 0 Å². The van der Waals surface area contributed by atoms with E-state index < -0.39 is 11.3 Å². The van der Waals surface area contributed by atoms with Crippen LogP contribution in [0.5, 0.6) is 5.75 Å². The van der Waals surface area contributed by atoms with Gasteiger partial charge < -0.3 is 20.7 Å². The number of carbonyl (C=O) groups is 1. The Kier molecular flexibility index (Phi) is 6.50. The van der Waals surface area contributed by atoms with Crippen LogP contribution in [-0.4, -0.2) is 28.0 Å². The van der Waals surface area contributed by atoms with Gasteiger partial charge in [0.25, 0.3) is 11.5 Å². The number of aromatic hydroxyl groups is 1. The van der Waals surface area contributed by atoms with Crippen LogP contribution in [0, 0.1) is 23.7 Å². The summed E-state index contributed by atoms with van der Waals surface area (Å²) in [7, 11) is 1.59. The van der Waals surface area contributed by atoms with Gasteiger partial charge in [0.2, 0.25) is 5.75 Å². The molecule has 1 aromatic heterocycles. The highest BCUT2D eigenvalue weighted by atomic mass is 16.3. The summed E-state index contributed by atoms with van der Waals surface area (Å²) in [5.74, 6) is 10.9. The summed E-state index contributed by atoms with van der Waals surface area (Å²) in [5.41, 5.74) is 2.63. The van der Waals surface area contributed by atoms with Crippen LogP contribution < -0.4 is 16.2 Å². The third-order valence-corrected chi connectivity index (χ3v) is 4.10. The number of amides is 1. The van der Waals surface area contributed by atoms with E-state index in [1.807, 2.05) is 24.3 Å². The molecule has 2 aromatic carbocycles. The zero-order valence-corrected chi connectivity index (χ0v) is 16.1. The molecule has 3 aromatic rings. The van der Waals surface area contributed by atoms with Gasteiger partial charge in [-0.1, -0.05) is 11.8 Å². The molecular formula is C23H18N4O3. The van der Waals surface area contributed by atoms with Gasteiger partial charge in [0.15, 0.2) is 0 Å². The molecule has 1 heterocycles. The maximum Gasteiger partial charge on any atom is 0.293 e. The van der Waals surface area contributed by atoms with Crippen LogP contribution in [-0.2, 0) is 6.54 Å². The maximum absolute atomic E-state index is 11.5. The molecule has 0 saturated carbocycles. The fourth-order valence-corrected chi connectivity index (χ4v) is 2.47. The van der Waals surface area contributed by atoms with Crippen LogP contribution >= 0.6 is 0 Å². The maximum atomic E-state index is 11.5. The van der Waals surface area contributed by atoms with Crippen molar-refractivity contribution in [2.45, 2.75) is 6.54 Å². The number of rotatable bonds is 4. The fourth-order valence-electron chi connectivity index (χ4n) is 2.47. The van der Waals surface area contributed by atoms with E-state index in [-0.39, 0.29) is 18.1 Å². The molecule has 7 heteroatoms. The van der Waals surface area contributed by atoms with Crippen LogP contribution in [0.1, 0.15) is 27.2 Å². The standard InChI is InChI=1S/C23H18N4O3/c1-24-22(29)18-10-6-16(7-11-18)4-2-3-5-17-8-12-19(13-9-17)25-14-20-21(28)23(30)27-15-26-20/h6-13,15,25,28H,14H2,1H3,(H,24,29)(H,26,27,30). The summed E-state index contributed by atoms with van der Waals surface area (Å²) >= 11 is 0. The Morgan fingerprint density at radius 3 is 2.23 bits per heavy atom. The van der Waals surface area contributed by atoms with E-state index in [2.05, 4.69) is 44.3 Å². The number of hydrogen-bond donors (Lipinski definition) is 4. The van der Waals surface area contributed by atoms with Gasteiger partial charge in [-0.25, -0.2) is 4.98 Å². The Labute approximate surface area is 173 Å². The lowest BCUT2D eigenvalue weighted by Crippen LogP contribution is -2.17. The van der Waals surface area contributed by atoms with Crippen molar-refractivity contribution in [3.8, 4) is 29.4 Å². The summed E-state index contributed by atoms with van der Waals surface area (Å²) < 4.78 is 0. The minimum absolute atomic E-state index is 0.141. The molecule has 0 saturated heterocycles. The van der Waals surface area contributed by atoms with Gasteiger partial charge in [-0.3, -0.25) is 9.59 Å². The van der Waals surface area contributed by atoms with Crippen molar-refractivity contribution in [2.24, 2.45) is 0 Å². The quantitative estimate of drug-likeness (QED) is 0.502. The van der Waals surface area contributed by atoms with E-state index in [4.69, 9.17) is 0 Å². The van der Waals surface area contributed by atoms with Crippen molar-refractivity contribution in [1.82, 2.24) is 15.3 Å². The second-order valence-electron chi connectivity index (χ2n) is 6.11. The zero-order chi connectivity index (χ0) is 21.3. The minimum atomic E-state index is -0.573. The first-order valence-electron chi connectivity index (χ1n) is 9.00. The number of H-pyrrole nitrogens is 1. The zero-order valence-electron chi connectivity index (χ0n) is 16.1. The number of nitrogens with one attached hydrogen (secondary N) is 3. The third-order valence-electron chi connectivity index (χ3n) is 4.10. The molecule has 4 N–H and O–H groups in total. The van der Waals surface area contributed by atoms with Gasteiger partial charge in [-0.15, -0.1) is 0 Å². The highest BCUT2D eigenvalue weighted by Gasteiger charge is 2.06. The van der Waals surface area contributed by atoms with Gasteiger partial charge in [-0.2, -0.15) is 0 Å². The second kappa shape index (κ2) is 9.63. The lowest BCUT2D eigenvalue weighted by molar-refractivity contribution is 0.0963. The Hall–Kier alpha value is -4.49. The van der Waals surface area contributed by atoms with Crippen LogP contribution in [0.3, 0.4) is 0 Å². The highest BCUT2D eigenvalue weighted by Crippen LogP contribution is 2.12. The van der Waals surface area contributed by atoms with Crippen LogP contribution in [0.2, 0.25) is 0 Å². The predicted molar refractivity (Wildman–Crippen MR) is 114 cm³/mol. The van der Waals surface area contributed by atoms with Crippen molar-refractivity contribution < 1.29 is 9.90 Å². The molecule has 30 heavy (non-hydrogen) atoms. The van der Waals surface area contributed by atoms with Crippen molar-refractivity contribution in [1.29, 1.82) is 0 Å². The first kappa shape index (κ1) is 20.2. The third kappa shape index (κ3) is 5.28. The van der Waals surface area contributed by atoms with Gasteiger partial charge in [-0.05, 0) is 60.4 Å². The Balaban J connectivity index is 1.58. The summed E-state index contributed by atoms with van der Waals surface area (Å²) in [6, 6.07) is 14.3. The average molecular weight is 398 g/mol. The van der Waals surface area contributed by atoms with Crippen molar-refractivity contribution >= 4 is 11.6 Å². The Morgan fingerprint density at radius 1 is 1.03 bits per heavy atom. The van der Waals surface area contributed by atoms with Gasteiger partial charge in [0.1, 0.15) is 5.69 Å². The molecule has 0 aliphatic rings. The van der Waals surface area contributed by atoms with E-state index in [1.165, 1.54) is 6.33 Å². The van der Waals surface area contributed by atoms with E-state index in [1.54, 1.807) is 31.3 Å². The van der Waals surface area contributed by atoms with Crippen LogP contribution in [0.4, 0.5) is 5.69 Å². The SMILES string of the molecule is CNC(=O)c1ccc(C#CC#Cc2ccc(NCc3nc[nH]c(=O)c3O)cc2)cc1. The molecule has 1 amide bonds. The Morgan fingerprint density at radius 2 is 1.63 bits per heavy atom. The van der Waals surface area contributed by atoms with Gasteiger partial charge in [0, 0.05) is 29.4 Å². The molecule has 0 bridgehead atoms. The largest absolute Gasteiger partial charge is 0.502 e. The lowest BCUT2D eigenvalue weighted by atomic mass is 10.1. The first-order valence-corrected chi connectivity index (χ1v) is 9.00. The normalized spacial score (nSPS) is 9.50. The number of anilines is 1. The predicted octanol–water partition coefficient (Wildman–Crippen LogP) is 1.85. The number of nitrogens with zero attached hydrogens (tertiary/aromatic N) is 1. The molecule has 0 aliphatic heterocycles. The summed E-state index contributed by atoms with van der Waals surface area (Å²) in [6.45, 7) is 0.213. The number of carbonyl (C=O) groups excluding carboxylic acids is 1. The van der Waals surface area contributed by atoms with Crippen molar-refractivity contribution in [3.63, 3.8) is 0 Å². The van der Waals surface area contributed by atoms with Crippen molar-refractivity contribution in [3.05, 3.63) is 87.6 Å². The molecule has 0 unspecified atom stereocenters. The fraction of sp³-hybridized carbons (Fsp3) is 0.0870. The number of benzene rings is 2. The molecule has 7 nitrogen and oxygen atoms in total. The molecule has 0 spiro atoms. The van der Waals surface area contributed by atoms with Crippen LogP contribution in [0.25, 0.3) is 0 Å². The molecule has 0 fully saturated rings. The van der Waals surface area contributed by atoms with E-state index in [0.717, 1.165) is 16.8 Å². The first-order chi connectivity index (χ1) is 14.6. The van der Waals surface area contributed by atoms with Gasteiger partial charge in [0.05, 0.1) is 12.9 Å². The molecular weight excluding hydrogens is 380 g/mol. The number of aromatic nitrogens is 2. The smallest absolute Gasteiger partial charge is 0.293 e. The van der Waals surface area contributed by atoms with Crippen molar-refractivity contribution in [2.75, 3.05) is 12.4 Å². The summed E-state index contributed by atoms with van der Waals surface area (Å²) in [5, 5.41) is 15.3. The molecule has 3 rings (SSSR count). The average Bonchev–Trinajstić information content (AvgIpc) is 2.78. The second-order valence-corrected chi connectivity index (χ2v) is 6.11. The number of aromatic amines is 1. The molecule has 0 aliphatic carbocycles. The highest BCUT2D eigenvalue weighted by molar-refractivity contribution is 5.94. The molecule has 148 valence electrons. The number of hydrogen-bond acceptors (Lipinski definition) is 5. The van der Waals surface area contributed by atoms with E-state index in [9.17, 15) is 14.7 Å². The summed E-state index contributed by atoms with van der Waals surface area (Å²) in [6.07, 6.45) is 1.25. The molecule has 0 radical (unpaired) electrons.